The first-order valence-electron chi connectivity index (χ1n) is 8.94. The van der Waals surface area contributed by atoms with Gasteiger partial charge in [-0.1, -0.05) is 23.4 Å². The Kier molecular flexibility index (Phi) is 6.39. The van der Waals surface area contributed by atoms with Gasteiger partial charge in [-0.3, -0.25) is 4.79 Å². The molecule has 1 aromatic heterocycles. The van der Waals surface area contributed by atoms with Gasteiger partial charge in [-0.2, -0.15) is 0 Å². The fourth-order valence-electron chi connectivity index (χ4n) is 2.97. The summed E-state index contributed by atoms with van der Waals surface area (Å²) in [5.41, 5.74) is 3.30. The van der Waals surface area contributed by atoms with Crippen LogP contribution in [0.5, 0.6) is 5.75 Å². The van der Waals surface area contributed by atoms with Crippen LogP contribution in [0.3, 0.4) is 0 Å². The lowest BCUT2D eigenvalue weighted by molar-refractivity contribution is -0.118. The minimum Gasteiger partial charge on any atom is -0.494 e. The highest BCUT2D eigenvalue weighted by atomic mass is 32.2. The third-order valence-corrected chi connectivity index (χ3v) is 5.11. The molecule has 0 unspecified atom stereocenters. The Morgan fingerprint density at radius 2 is 2.32 bits per heavy atom. The average Bonchev–Trinajstić information content (AvgIpc) is 3.03. The highest BCUT2D eigenvalue weighted by molar-refractivity contribution is 7.99. The normalized spacial score (nSPS) is 14.4. The van der Waals surface area contributed by atoms with Crippen molar-refractivity contribution in [2.75, 3.05) is 18.9 Å². The second kappa shape index (κ2) is 8.94. The van der Waals surface area contributed by atoms with Crippen molar-refractivity contribution < 1.29 is 9.53 Å². The molecule has 134 valence electrons. The van der Waals surface area contributed by atoms with Crippen LogP contribution in [0.1, 0.15) is 39.0 Å². The maximum Gasteiger partial charge on any atom is 0.230 e. The lowest BCUT2D eigenvalue weighted by atomic mass is 9.97. The van der Waals surface area contributed by atoms with Crippen LogP contribution in [0.15, 0.2) is 35.0 Å². The largest absolute Gasteiger partial charge is 0.494 e. The van der Waals surface area contributed by atoms with Crippen molar-refractivity contribution in [1.82, 2.24) is 15.3 Å². The zero-order chi connectivity index (χ0) is 17.5. The number of allylic oxidation sites excluding steroid dienone is 1. The van der Waals surface area contributed by atoms with E-state index in [0.717, 1.165) is 34.9 Å². The molecule has 1 heterocycles. The third-order valence-electron chi connectivity index (χ3n) is 4.24. The summed E-state index contributed by atoms with van der Waals surface area (Å²) in [6.45, 7) is 3.32. The maximum atomic E-state index is 12.0. The first-order chi connectivity index (χ1) is 12.2. The summed E-state index contributed by atoms with van der Waals surface area (Å²) in [4.78, 5) is 19.7. The molecular weight excluding hydrogens is 334 g/mol. The SMILES string of the molecule is CCOc1ccc2nc(SCC(=O)NCCC3=CCCCC3)[nH]c2c1. The number of imidazole rings is 1. The van der Waals surface area contributed by atoms with Crippen LogP contribution in [-0.2, 0) is 4.79 Å². The predicted molar refractivity (Wildman–Crippen MR) is 102 cm³/mol. The van der Waals surface area contributed by atoms with Gasteiger partial charge in [0.15, 0.2) is 5.16 Å². The van der Waals surface area contributed by atoms with E-state index < -0.39 is 0 Å². The number of rotatable bonds is 8. The van der Waals surface area contributed by atoms with E-state index in [1.807, 2.05) is 25.1 Å². The van der Waals surface area contributed by atoms with E-state index in [4.69, 9.17) is 4.74 Å². The molecule has 6 heteroatoms. The zero-order valence-corrected chi connectivity index (χ0v) is 15.5. The third kappa shape index (κ3) is 5.26. The molecule has 2 aromatic rings. The van der Waals surface area contributed by atoms with Crippen LogP contribution >= 0.6 is 11.8 Å². The molecule has 0 atom stereocenters. The summed E-state index contributed by atoms with van der Waals surface area (Å²) < 4.78 is 5.49. The van der Waals surface area contributed by atoms with E-state index in [1.54, 1.807) is 0 Å². The van der Waals surface area contributed by atoms with Gasteiger partial charge in [-0.15, -0.1) is 0 Å². The number of hydrogen-bond donors (Lipinski definition) is 2. The number of nitrogens with zero attached hydrogens (tertiary/aromatic N) is 1. The number of amides is 1. The molecule has 2 N–H and O–H groups in total. The molecule has 5 nitrogen and oxygen atoms in total. The summed E-state index contributed by atoms with van der Waals surface area (Å²) in [6, 6.07) is 5.78. The topological polar surface area (TPSA) is 67.0 Å². The molecule has 3 rings (SSSR count). The highest BCUT2D eigenvalue weighted by Gasteiger charge is 2.09. The van der Waals surface area contributed by atoms with Crippen LogP contribution < -0.4 is 10.1 Å². The summed E-state index contributed by atoms with van der Waals surface area (Å²) in [7, 11) is 0. The number of aromatic nitrogens is 2. The van der Waals surface area contributed by atoms with E-state index in [9.17, 15) is 4.79 Å². The number of aromatic amines is 1. The van der Waals surface area contributed by atoms with E-state index in [-0.39, 0.29) is 5.91 Å². The first kappa shape index (κ1) is 17.9. The number of fused-ring (bicyclic) bond motifs is 1. The van der Waals surface area contributed by atoms with Crippen molar-refractivity contribution in [3.63, 3.8) is 0 Å². The molecule has 0 aliphatic heterocycles. The number of nitrogens with one attached hydrogen (secondary N) is 2. The van der Waals surface area contributed by atoms with Crippen LogP contribution in [0.4, 0.5) is 0 Å². The van der Waals surface area contributed by atoms with Crippen molar-refractivity contribution in [3.05, 3.63) is 29.8 Å². The lowest BCUT2D eigenvalue weighted by Gasteiger charge is -2.12. The Bertz CT molecular complexity index is 754. The van der Waals surface area contributed by atoms with Crippen molar-refractivity contribution in [1.29, 1.82) is 0 Å². The number of benzene rings is 1. The Morgan fingerprint density at radius 1 is 1.40 bits per heavy atom. The number of thioether (sulfide) groups is 1. The molecule has 0 saturated heterocycles. The molecule has 1 aromatic carbocycles. The molecular formula is C19H25N3O2S. The first-order valence-corrected chi connectivity index (χ1v) is 9.93. The number of ether oxygens (including phenoxy) is 1. The van der Waals surface area contributed by atoms with Gasteiger partial charge in [0.25, 0.3) is 0 Å². The van der Waals surface area contributed by atoms with E-state index in [0.29, 0.717) is 12.4 Å². The average molecular weight is 359 g/mol. The molecule has 0 radical (unpaired) electrons. The summed E-state index contributed by atoms with van der Waals surface area (Å²) >= 11 is 1.43. The minimum absolute atomic E-state index is 0.0527. The summed E-state index contributed by atoms with van der Waals surface area (Å²) in [5, 5.41) is 3.76. The molecule has 1 aliphatic carbocycles. The van der Waals surface area contributed by atoms with Gasteiger partial charge < -0.3 is 15.0 Å². The minimum atomic E-state index is 0.0527. The smallest absolute Gasteiger partial charge is 0.230 e. The Hall–Kier alpha value is -1.95. The maximum absolute atomic E-state index is 12.0. The summed E-state index contributed by atoms with van der Waals surface area (Å²) in [5.74, 6) is 1.25. The number of carbonyl (C=O) groups is 1. The van der Waals surface area contributed by atoms with Crippen molar-refractivity contribution in [2.45, 2.75) is 44.2 Å². The van der Waals surface area contributed by atoms with Gasteiger partial charge in [-0.25, -0.2) is 4.98 Å². The monoisotopic (exact) mass is 359 g/mol. The van der Waals surface area contributed by atoms with E-state index in [2.05, 4.69) is 21.4 Å². The van der Waals surface area contributed by atoms with Gasteiger partial charge in [0.05, 0.1) is 23.4 Å². The lowest BCUT2D eigenvalue weighted by Crippen LogP contribution is -2.26. The fourth-order valence-corrected chi connectivity index (χ4v) is 3.68. The van der Waals surface area contributed by atoms with Gasteiger partial charge >= 0.3 is 0 Å². The van der Waals surface area contributed by atoms with Crippen LogP contribution in [0.25, 0.3) is 11.0 Å². The van der Waals surface area contributed by atoms with Crippen LogP contribution in [-0.4, -0.2) is 34.8 Å². The van der Waals surface area contributed by atoms with Crippen LogP contribution in [0.2, 0.25) is 0 Å². The highest BCUT2D eigenvalue weighted by Crippen LogP contribution is 2.23. The van der Waals surface area contributed by atoms with Crippen LogP contribution in [0, 0.1) is 0 Å². The van der Waals surface area contributed by atoms with E-state index in [1.165, 1.54) is 43.0 Å². The van der Waals surface area contributed by atoms with Gasteiger partial charge in [0.2, 0.25) is 5.91 Å². The predicted octanol–water partition coefficient (Wildman–Crippen LogP) is 4.06. The fraction of sp³-hybridized carbons (Fsp3) is 0.474. The molecule has 25 heavy (non-hydrogen) atoms. The second-order valence-electron chi connectivity index (χ2n) is 6.15. The van der Waals surface area contributed by atoms with Gasteiger partial charge in [0, 0.05) is 12.6 Å². The second-order valence-corrected chi connectivity index (χ2v) is 7.11. The van der Waals surface area contributed by atoms with E-state index >= 15 is 0 Å². The Labute approximate surface area is 152 Å². The molecule has 0 saturated carbocycles. The van der Waals surface area contributed by atoms with Crippen molar-refractivity contribution in [3.8, 4) is 5.75 Å². The zero-order valence-electron chi connectivity index (χ0n) is 14.6. The number of carbonyl (C=O) groups excluding carboxylic acids is 1. The van der Waals surface area contributed by atoms with Gasteiger partial charge in [-0.05, 0) is 51.2 Å². The molecule has 0 fully saturated rings. The molecule has 1 aliphatic rings. The molecule has 1 amide bonds. The standard InChI is InChI=1S/C19H25N3O2S/c1-2-24-15-8-9-16-17(12-15)22-19(21-16)25-13-18(23)20-11-10-14-6-4-3-5-7-14/h6,8-9,12H,2-5,7,10-11,13H2,1H3,(H,20,23)(H,21,22). The number of H-pyrrole nitrogens is 1. The Balaban J connectivity index is 1.45. The van der Waals surface area contributed by atoms with Crippen molar-refractivity contribution >= 4 is 28.7 Å². The molecule has 0 bridgehead atoms. The number of hydrogen-bond acceptors (Lipinski definition) is 4. The Morgan fingerprint density at radius 3 is 3.12 bits per heavy atom. The quantitative estimate of drug-likeness (QED) is 0.551. The molecule has 0 spiro atoms. The summed E-state index contributed by atoms with van der Waals surface area (Å²) in [6.07, 6.45) is 8.27. The van der Waals surface area contributed by atoms with Crippen molar-refractivity contribution in [2.24, 2.45) is 0 Å². The van der Waals surface area contributed by atoms with Gasteiger partial charge in [0.1, 0.15) is 5.75 Å².